The molecule has 90 valence electrons. The molecule has 0 saturated carbocycles. The second-order valence-corrected chi connectivity index (χ2v) is 3.05. The van der Waals surface area contributed by atoms with E-state index in [1.54, 1.807) is 5.32 Å². The molecule has 0 aliphatic carbocycles. The van der Waals surface area contributed by atoms with Crippen LogP contribution < -0.4 is 16.6 Å². The molecular weight excluding hydrogens is 230 g/mol. The van der Waals surface area contributed by atoms with Crippen LogP contribution >= 0.6 is 0 Å². The highest BCUT2D eigenvalue weighted by atomic mass is 16.4. The third-order valence-electron chi connectivity index (χ3n) is 1.83. The molecule has 3 amide bonds. The number of nitrogens with two attached hydrogens (primary N) is 1. The molecule has 0 radical (unpaired) electrons. The molecule has 0 saturated heterocycles. The van der Waals surface area contributed by atoms with Crippen LogP contribution in [0.25, 0.3) is 0 Å². The van der Waals surface area contributed by atoms with Gasteiger partial charge in [0.1, 0.15) is 12.2 Å². The number of rotatable bonds is 3. The van der Waals surface area contributed by atoms with Gasteiger partial charge in [0.2, 0.25) is 5.91 Å². The molecule has 17 heavy (non-hydrogen) atoms. The lowest BCUT2D eigenvalue weighted by Crippen LogP contribution is -2.40. The van der Waals surface area contributed by atoms with Crippen LogP contribution in [-0.2, 0) is 11.3 Å². The average molecular weight is 239 g/mol. The number of aromatic carboxylic acids is 1. The number of carbonyl (C=O) groups excluding carboxylic acids is 2. The maximum absolute atomic E-state index is 11.4. The maximum Gasteiger partial charge on any atom is 0.352 e. The molecule has 1 rings (SSSR count). The van der Waals surface area contributed by atoms with Crippen LogP contribution in [0.4, 0.5) is 4.79 Å². The predicted molar refractivity (Wildman–Crippen MR) is 55.4 cm³/mol. The number of nitrogens with one attached hydrogen (secondary N) is 1. The molecule has 8 nitrogen and oxygen atoms in total. The summed E-state index contributed by atoms with van der Waals surface area (Å²) in [6, 6.07) is 2.45. The van der Waals surface area contributed by atoms with E-state index in [4.69, 9.17) is 10.8 Å². The normalized spacial score (nSPS) is 9.65. The minimum Gasteiger partial charge on any atom is -0.477 e. The number of hydrogen-bond acceptors (Lipinski definition) is 4. The Balaban J connectivity index is 3.05. The first-order valence-corrected chi connectivity index (χ1v) is 4.44. The number of aromatic nitrogens is 1. The highest BCUT2D eigenvalue weighted by Gasteiger charge is 2.14. The molecule has 4 N–H and O–H groups in total. The molecule has 0 unspecified atom stereocenters. The number of hydrogen-bond donors (Lipinski definition) is 3. The summed E-state index contributed by atoms with van der Waals surface area (Å²) in [5.41, 5.74) is 3.70. The number of nitrogens with zero attached hydrogens (tertiary/aromatic N) is 1. The molecule has 0 aliphatic rings. The van der Waals surface area contributed by atoms with Crippen LogP contribution in [0.5, 0.6) is 0 Å². The minimum atomic E-state index is -1.35. The van der Waals surface area contributed by atoms with Crippen molar-refractivity contribution in [2.24, 2.45) is 5.73 Å². The third-order valence-corrected chi connectivity index (χ3v) is 1.83. The van der Waals surface area contributed by atoms with Gasteiger partial charge in [-0.25, -0.2) is 9.59 Å². The molecule has 1 aromatic heterocycles. The minimum absolute atomic E-state index is 0.350. The molecule has 1 heterocycles. The summed E-state index contributed by atoms with van der Waals surface area (Å²) in [5.74, 6) is -2.22. The maximum atomic E-state index is 11.4. The Morgan fingerprint density at radius 3 is 2.53 bits per heavy atom. The van der Waals surface area contributed by atoms with Crippen molar-refractivity contribution in [1.82, 2.24) is 9.88 Å². The Bertz CT molecular complexity index is 534. The molecule has 0 spiro atoms. The topological polar surface area (TPSA) is 131 Å². The number of primary amides is 1. The highest BCUT2D eigenvalue weighted by Crippen LogP contribution is 1.96. The van der Waals surface area contributed by atoms with Gasteiger partial charge in [-0.1, -0.05) is 6.07 Å². The van der Waals surface area contributed by atoms with E-state index in [0.29, 0.717) is 0 Å². The van der Waals surface area contributed by atoms with Crippen molar-refractivity contribution >= 4 is 17.9 Å². The van der Waals surface area contributed by atoms with Crippen molar-refractivity contribution in [2.75, 3.05) is 0 Å². The summed E-state index contributed by atoms with van der Waals surface area (Å²) in [6.07, 6.45) is 0. The smallest absolute Gasteiger partial charge is 0.352 e. The molecule has 1 aromatic rings. The van der Waals surface area contributed by atoms with E-state index in [-0.39, 0.29) is 5.69 Å². The van der Waals surface area contributed by atoms with E-state index in [2.05, 4.69) is 0 Å². The van der Waals surface area contributed by atoms with Gasteiger partial charge >= 0.3 is 12.0 Å². The van der Waals surface area contributed by atoms with Gasteiger partial charge in [0, 0.05) is 6.07 Å². The lowest BCUT2D eigenvalue weighted by molar-refractivity contribution is -0.120. The zero-order valence-corrected chi connectivity index (χ0v) is 8.54. The Labute approximate surface area is 94.7 Å². The summed E-state index contributed by atoms with van der Waals surface area (Å²) >= 11 is 0. The zero-order chi connectivity index (χ0) is 13.0. The van der Waals surface area contributed by atoms with Gasteiger partial charge in [-0.15, -0.1) is 0 Å². The van der Waals surface area contributed by atoms with Gasteiger partial charge in [-0.2, -0.15) is 0 Å². The summed E-state index contributed by atoms with van der Waals surface area (Å²) in [5, 5.41) is 10.5. The molecule has 0 aliphatic heterocycles. The lowest BCUT2D eigenvalue weighted by atomic mass is 10.3. The largest absolute Gasteiger partial charge is 0.477 e. The van der Waals surface area contributed by atoms with E-state index in [9.17, 15) is 19.2 Å². The van der Waals surface area contributed by atoms with Crippen molar-refractivity contribution in [3.8, 4) is 0 Å². The molecular formula is C9H9N3O5. The van der Waals surface area contributed by atoms with Crippen molar-refractivity contribution in [3.05, 3.63) is 34.2 Å². The fourth-order valence-corrected chi connectivity index (χ4v) is 1.19. The fourth-order valence-electron chi connectivity index (χ4n) is 1.19. The second-order valence-electron chi connectivity index (χ2n) is 3.05. The Hall–Kier alpha value is -2.64. The van der Waals surface area contributed by atoms with Crippen molar-refractivity contribution in [2.45, 2.75) is 6.54 Å². The van der Waals surface area contributed by atoms with Crippen LogP contribution in [0.3, 0.4) is 0 Å². The van der Waals surface area contributed by atoms with E-state index < -0.39 is 30.0 Å². The molecule has 0 bridgehead atoms. The Kier molecular flexibility index (Phi) is 3.60. The first-order valence-electron chi connectivity index (χ1n) is 4.44. The van der Waals surface area contributed by atoms with Crippen LogP contribution in [0, 0.1) is 0 Å². The standard InChI is InChI=1S/C9H9N3O5/c10-9(17)11-6(13)4-12-5(8(15)16)2-1-3-7(12)14/h1-3H,4H2,(H,15,16)(H3,10,11,13,17). The summed E-state index contributed by atoms with van der Waals surface area (Å²) in [4.78, 5) is 43.7. The van der Waals surface area contributed by atoms with Crippen LogP contribution in [0.1, 0.15) is 10.5 Å². The number of urea groups is 1. The molecule has 8 heteroatoms. The Morgan fingerprint density at radius 1 is 1.35 bits per heavy atom. The first-order chi connectivity index (χ1) is 7.91. The number of carboxylic acids is 1. The lowest BCUT2D eigenvalue weighted by Gasteiger charge is -2.08. The van der Waals surface area contributed by atoms with Crippen molar-refractivity contribution in [1.29, 1.82) is 0 Å². The van der Waals surface area contributed by atoms with Gasteiger partial charge in [0.05, 0.1) is 0 Å². The average Bonchev–Trinajstić information content (AvgIpc) is 2.19. The molecule has 0 atom stereocenters. The van der Waals surface area contributed by atoms with Gasteiger partial charge in [-0.3, -0.25) is 19.5 Å². The quantitative estimate of drug-likeness (QED) is 0.605. The molecule has 0 aromatic carbocycles. The highest BCUT2D eigenvalue weighted by molar-refractivity contribution is 5.94. The van der Waals surface area contributed by atoms with Gasteiger partial charge in [-0.05, 0) is 6.07 Å². The third kappa shape index (κ3) is 3.16. The SMILES string of the molecule is NC(=O)NC(=O)Cn1c(C(=O)O)cccc1=O. The summed E-state index contributed by atoms with van der Waals surface area (Å²) < 4.78 is 0.723. The van der Waals surface area contributed by atoms with E-state index in [1.807, 2.05) is 0 Å². The van der Waals surface area contributed by atoms with Gasteiger partial charge < -0.3 is 10.8 Å². The Morgan fingerprint density at radius 2 is 2.00 bits per heavy atom. The number of carbonyl (C=O) groups is 3. The van der Waals surface area contributed by atoms with E-state index in [0.717, 1.165) is 10.6 Å². The van der Waals surface area contributed by atoms with E-state index >= 15 is 0 Å². The molecule has 0 fully saturated rings. The number of imide groups is 1. The summed E-state index contributed by atoms with van der Waals surface area (Å²) in [6.45, 7) is -0.593. The van der Waals surface area contributed by atoms with Crippen LogP contribution in [0.15, 0.2) is 23.0 Å². The fraction of sp³-hybridized carbons (Fsp3) is 0.111. The van der Waals surface area contributed by atoms with Gasteiger partial charge in [0.15, 0.2) is 0 Å². The van der Waals surface area contributed by atoms with Crippen molar-refractivity contribution in [3.63, 3.8) is 0 Å². The summed E-state index contributed by atoms with van der Waals surface area (Å²) in [7, 11) is 0. The van der Waals surface area contributed by atoms with E-state index in [1.165, 1.54) is 12.1 Å². The van der Waals surface area contributed by atoms with Crippen LogP contribution in [-0.4, -0.2) is 27.6 Å². The predicted octanol–water partition coefficient (Wildman–Crippen LogP) is -1.26. The number of carboxylic acid groups (broad SMARTS) is 1. The number of pyridine rings is 1. The zero-order valence-electron chi connectivity index (χ0n) is 8.54. The number of amides is 3. The first kappa shape index (κ1) is 12.4. The van der Waals surface area contributed by atoms with Crippen LogP contribution in [0.2, 0.25) is 0 Å². The monoisotopic (exact) mass is 239 g/mol. The van der Waals surface area contributed by atoms with Gasteiger partial charge in [0.25, 0.3) is 5.56 Å². The second kappa shape index (κ2) is 4.92. The van der Waals surface area contributed by atoms with Crippen molar-refractivity contribution < 1.29 is 19.5 Å².